The van der Waals surface area contributed by atoms with Gasteiger partial charge in [-0.3, -0.25) is 0 Å². The minimum atomic E-state index is -0.603. The summed E-state index contributed by atoms with van der Waals surface area (Å²) in [4.78, 5) is 20.6. The first-order valence-electron chi connectivity index (χ1n) is 4.37. The molecule has 0 amide bonds. The van der Waals surface area contributed by atoms with Gasteiger partial charge in [0.2, 0.25) is 11.8 Å². The molecule has 5 heteroatoms. The molecular weight excluding hydrogens is 182 g/mol. The van der Waals surface area contributed by atoms with Crippen LogP contribution in [0.5, 0.6) is 0 Å². The Hall–Kier alpha value is -1.39. The molecule has 78 valence electrons. The second kappa shape index (κ2) is 3.40. The van der Waals surface area contributed by atoms with Crippen molar-refractivity contribution in [2.75, 3.05) is 19.0 Å². The standard InChI is InChI=1S/C9H15N3O2/c1-9(2,3)6-10-7(12(4)5)11-8(13)14-6/h1-5H3. The highest BCUT2D eigenvalue weighted by Crippen LogP contribution is 2.19. The van der Waals surface area contributed by atoms with Crippen molar-refractivity contribution in [3.63, 3.8) is 0 Å². The lowest BCUT2D eigenvalue weighted by molar-refractivity contribution is 0.339. The van der Waals surface area contributed by atoms with E-state index in [0.29, 0.717) is 11.8 Å². The number of hydrogen-bond donors (Lipinski definition) is 0. The molecule has 5 nitrogen and oxygen atoms in total. The smallest absolute Gasteiger partial charge is 0.393 e. The fourth-order valence-electron chi connectivity index (χ4n) is 0.847. The molecule has 0 aliphatic rings. The van der Waals surface area contributed by atoms with E-state index in [2.05, 4.69) is 9.97 Å². The van der Waals surface area contributed by atoms with Gasteiger partial charge in [0, 0.05) is 19.5 Å². The van der Waals surface area contributed by atoms with Crippen molar-refractivity contribution in [1.29, 1.82) is 0 Å². The second-order valence-corrected chi connectivity index (χ2v) is 4.34. The first kappa shape index (κ1) is 10.7. The van der Waals surface area contributed by atoms with Crippen LogP contribution in [0, 0.1) is 0 Å². The lowest BCUT2D eigenvalue weighted by Crippen LogP contribution is -2.24. The molecule has 0 N–H and O–H groups in total. The Balaban J connectivity index is 3.28. The van der Waals surface area contributed by atoms with E-state index in [9.17, 15) is 4.79 Å². The predicted octanol–water partition coefficient (Wildman–Crippen LogP) is 0.793. The molecule has 0 unspecified atom stereocenters. The van der Waals surface area contributed by atoms with Crippen LogP contribution in [-0.4, -0.2) is 24.1 Å². The van der Waals surface area contributed by atoms with Crippen LogP contribution in [0.3, 0.4) is 0 Å². The molecule has 0 aromatic carbocycles. The van der Waals surface area contributed by atoms with Crippen molar-refractivity contribution in [3.8, 4) is 0 Å². The van der Waals surface area contributed by atoms with Gasteiger partial charge in [0.25, 0.3) is 0 Å². The maximum absolute atomic E-state index is 11.1. The molecule has 0 fully saturated rings. The van der Waals surface area contributed by atoms with E-state index in [1.165, 1.54) is 0 Å². The summed E-state index contributed by atoms with van der Waals surface area (Å²) in [6.45, 7) is 5.78. The molecule has 0 aliphatic heterocycles. The first-order chi connectivity index (χ1) is 6.30. The van der Waals surface area contributed by atoms with Crippen molar-refractivity contribution < 1.29 is 4.42 Å². The Labute approximate surface area is 82.8 Å². The topological polar surface area (TPSA) is 59.2 Å². The van der Waals surface area contributed by atoms with E-state index in [1.807, 2.05) is 20.8 Å². The third kappa shape index (κ3) is 2.31. The van der Waals surface area contributed by atoms with Crippen molar-refractivity contribution in [2.24, 2.45) is 0 Å². The SMILES string of the molecule is CN(C)c1nc(C(C)(C)C)oc(=O)n1. The number of rotatable bonds is 1. The molecule has 1 rings (SSSR count). The van der Waals surface area contributed by atoms with Crippen LogP contribution in [0.4, 0.5) is 5.95 Å². The van der Waals surface area contributed by atoms with E-state index < -0.39 is 5.76 Å². The number of anilines is 1. The number of aromatic nitrogens is 2. The summed E-state index contributed by atoms with van der Waals surface area (Å²) in [5.41, 5.74) is -0.285. The fourth-order valence-corrected chi connectivity index (χ4v) is 0.847. The van der Waals surface area contributed by atoms with Gasteiger partial charge in [0.1, 0.15) is 0 Å². The molecule has 0 saturated heterocycles. The summed E-state index contributed by atoms with van der Waals surface area (Å²) >= 11 is 0. The van der Waals surface area contributed by atoms with Gasteiger partial charge in [-0.1, -0.05) is 20.8 Å². The minimum Gasteiger partial charge on any atom is -0.393 e. The third-order valence-corrected chi connectivity index (χ3v) is 1.62. The Morgan fingerprint density at radius 1 is 1.21 bits per heavy atom. The average molecular weight is 197 g/mol. The lowest BCUT2D eigenvalue weighted by atomic mass is 9.97. The normalized spacial score (nSPS) is 11.5. The Morgan fingerprint density at radius 3 is 2.21 bits per heavy atom. The van der Waals surface area contributed by atoms with Gasteiger partial charge in [0.15, 0.2) is 0 Å². The van der Waals surface area contributed by atoms with Gasteiger partial charge in [-0.2, -0.15) is 4.98 Å². The van der Waals surface area contributed by atoms with Crippen LogP contribution < -0.4 is 10.7 Å². The zero-order chi connectivity index (χ0) is 10.9. The molecule has 0 spiro atoms. The summed E-state index contributed by atoms with van der Waals surface area (Å²) < 4.78 is 4.93. The van der Waals surface area contributed by atoms with E-state index in [0.717, 1.165) is 0 Å². The van der Waals surface area contributed by atoms with Crippen molar-refractivity contribution in [1.82, 2.24) is 9.97 Å². The number of hydrogen-bond acceptors (Lipinski definition) is 5. The van der Waals surface area contributed by atoms with Gasteiger partial charge in [-0.25, -0.2) is 4.79 Å². The molecule has 0 atom stereocenters. The van der Waals surface area contributed by atoms with E-state index in [-0.39, 0.29) is 5.41 Å². The summed E-state index contributed by atoms with van der Waals surface area (Å²) in [6, 6.07) is 0. The van der Waals surface area contributed by atoms with Crippen molar-refractivity contribution in [2.45, 2.75) is 26.2 Å². The van der Waals surface area contributed by atoms with Crippen LogP contribution in [0.15, 0.2) is 9.21 Å². The van der Waals surface area contributed by atoms with Gasteiger partial charge in [-0.15, -0.1) is 4.98 Å². The van der Waals surface area contributed by atoms with Crippen molar-refractivity contribution in [3.05, 3.63) is 16.4 Å². The summed E-state index contributed by atoms with van der Waals surface area (Å²) in [5, 5.41) is 0. The van der Waals surface area contributed by atoms with E-state index >= 15 is 0 Å². The Kier molecular flexibility index (Phi) is 2.59. The summed E-state index contributed by atoms with van der Waals surface area (Å²) in [6.07, 6.45) is 0. The molecule has 14 heavy (non-hydrogen) atoms. The van der Waals surface area contributed by atoms with Crippen LogP contribution in [0.2, 0.25) is 0 Å². The zero-order valence-corrected chi connectivity index (χ0v) is 9.16. The summed E-state index contributed by atoms with van der Waals surface area (Å²) in [7, 11) is 3.56. The number of nitrogens with zero attached hydrogens (tertiary/aromatic N) is 3. The quantitative estimate of drug-likeness (QED) is 0.666. The average Bonchev–Trinajstić information content (AvgIpc) is 2.01. The third-order valence-electron chi connectivity index (χ3n) is 1.62. The van der Waals surface area contributed by atoms with E-state index in [1.54, 1.807) is 19.0 Å². The Morgan fingerprint density at radius 2 is 1.79 bits per heavy atom. The predicted molar refractivity (Wildman–Crippen MR) is 53.6 cm³/mol. The van der Waals surface area contributed by atoms with Crippen LogP contribution >= 0.6 is 0 Å². The molecule has 1 aromatic rings. The monoisotopic (exact) mass is 197 g/mol. The maximum Gasteiger partial charge on any atom is 0.443 e. The second-order valence-electron chi connectivity index (χ2n) is 4.34. The molecular formula is C9H15N3O2. The molecule has 1 heterocycles. The maximum atomic E-state index is 11.1. The lowest BCUT2D eigenvalue weighted by Gasteiger charge is -2.16. The molecule has 0 bridgehead atoms. The highest BCUT2D eigenvalue weighted by atomic mass is 16.4. The van der Waals surface area contributed by atoms with Crippen LogP contribution in [0.1, 0.15) is 26.7 Å². The zero-order valence-electron chi connectivity index (χ0n) is 9.16. The van der Waals surface area contributed by atoms with E-state index in [4.69, 9.17) is 4.42 Å². The molecule has 0 radical (unpaired) electrons. The Bertz CT molecular complexity index is 376. The minimum absolute atomic E-state index is 0.285. The highest BCUT2D eigenvalue weighted by Gasteiger charge is 2.21. The van der Waals surface area contributed by atoms with Gasteiger partial charge in [0.05, 0.1) is 0 Å². The first-order valence-corrected chi connectivity index (χ1v) is 4.37. The highest BCUT2D eigenvalue weighted by molar-refractivity contribution is 5.25. The van der Waals surface area contributed by atoms with Crippen molar-refractivity contribution >= 4 is 5.95 Å². The summed E-state index contributed by atoms with van der Waals surface area (Å²) in [5.74, 6) is 0.181. The molecule has 0 aliphatic carbocycles. The fraction of sp³-hybridized carbons (Fsp3) is 0.667. The van der Waals surface area contributed by atoms with Crippen LogP contribution in [-0.2, 0) is 5.41 Å². The van der Waals surface area contributed by atoms with Gasteiger partial charge < -0.3 is 9.32 Å². The van der Waals surface area contributed by atoms with Crippen LogP contribution in [0.25, 0.3) is 0 Å². The molecule has 1 aromatic heterocycles. The van der Waals surface area contributed by atoms with Gasteiger partial charge in [-0.05, 0) is 0 Å². The molecule has 0 saturated carbocycles. The largest absolute Gasteiger partial charge is 0.443 e. The van der Waals surface area contributed by atoms with Gasteiger partial charge >= 0.3 is 5.76 Å².